The van der Waals surface area contributed by atoms with E-state index in [-0.39, 0.29) is 18.9 Å². The number of hydrogen-bond donors (Lipinski definition) is 3. The highest BCUT2D eigenvalue weighted by Crippen LogP contribution is 2.25. The Hall–Kier alpha value is -1.82. The third-order valence-corrected chi connectivity index (χ3v) is 4.19. The van der Waals surface area contributed by atoms with Crippen molar-refractivity contribution in [2.24, 2.45) is 5.84 Å². The number of nitrogens with two attached hydrogens (primary N) is 1. The summed E-state index contributed by atoms with van der Waals surface area (Å²) in [5.74, 6) is 5.73. The summed E-state index contributed by atoms with van der Waals surface area (Å²) in [6.07, 6.45) is 0.288. The first kappa shape index (κ1) is 15.6. The number of hydrogen-bond acceptors (Lipinski definition) is 4. The van der Waals surface area contributed by atoms with E-state index in [0.717, 1.165) is 27.3 Å². The number of aliphatic hydroxyl groups is 1. The minimum absolute atomic E-state index is 0.0575. The van der Waals surface area contributed by atoms with Crippen molar-refractivity contribution in [2.45, 2.75) is 23.7 Å². The number of hydrazine groups is 1. The Morgan fingerprint density at radius 1 is 1.10 bits per heavy atom. The van der Waals surface area contributed by atoms with Gasteiger partial charge in [0.15, 0.2) is 0 Å². The highest BCUT2D eigenvalue weighted by atomic mass is 32.2. The van der Waals surface area contributed by atoms with E-state index in [1.54, 1.807) is 11.8 Å². The van der Waals surface area contributed by atoms with Crippen molar-refractivity contribution in [2.75, 3.05) is 0 Å². The lowest BCUT2D eigenvalue weighted by Crippen LogP contribution is -2.31. The summed E-state index contributed by atoms with van der Waals surface area (Å²) in [5, 5.41) is 9.03. The van der Waals surface area contributed by atoms with Gasteiger partial charge in [0.2, 0.25) is 5.91 Å². The molecule has 0 heterocycles. The summed E-state index contributed by atoms with van der Waals surface area (Å²) < 4.78 is 0. The monoisotopic (exact) mass is 302 g/mol. The fourth-order valence-corrected chi connectivity index (χ4v) is 2.88. The Labute approximate surface area is 128 Å². The SMILES string of the molecule is NNC(=O)Cc1ccccc1CSc1ccc(CO)cc1. The lowest BCUT2D eigenvalue weighted by Gasteiger charge is -2.09. The molecule has 0 radical (unpaired) electrons. The third kappa shape index (κ3) is 4.60. The molecule has 4 N–H and O–H groups in total. The van der Waals surface area contributed by atoms with Crippen LogP contribution in [0.5, 0.6) is 0 Å². The maximum Gasteiger partial charge on any atom is 0.238 e. The first-order chi connectivity index (χ1) is 10.2. The summed E-state index contributed by atoms with van der Waals surface area (Å²) in [7, 11) is 0. The quantitative estimate of drug-likeness (QED) is 0.330. The lowest BCUT2D eigenvalue weighted by atomic mass is 10.1. The normalized spacial score (nSPS) is 10.4. The van der Waals surface area contributed by atoms with Crippen molar-refractivity contribution in [3.8, 4) is 0 Å². The minimum atomic E-state index is -0.195. The molecular formula is C16H18N2O2S. The molecule has 0 atom stereocenters. The number of carbonyl (C=O) groups is 1. The maximum atomic E-state index is 11.4. The molecule has 0 aromatic heterocycles. The molecule has 0 aliphatic carbocycles. The zero-order chi connectivity index (χ0) is 15.1. The standard InChI is InChI=1S/C16H18N2O2S/c17-18-16(20)9-13-3-1-2-4-14(13)11-21-15-7-5-12(10-19)6-8-15/h1-8,19H,9-11,17H2,(H,18,20). The first-order valence-corrected chi connectivity index (χ1v) is 7.60. The van der Waals surface area contributed by atoms with E-state index in [1.165, 1.54) is 0 Å². The molecular weight excluding hydrogens is 284 g/mol. The molecule has 0 unspecified atom stereocenters. The largest absolute Gasteiger partial charge is 0.392 e. The van der Waals surface area contributed by atoms with Crippen LogP contribution in [-0.4, -0.2) is 11.0 Å². The molecule has 21 heavy (non-hydrogen) atoms. The van der Waals surface area contributed by atoms with Crippen molar-refractivity contribution in [1.29, 1.82) is 0 Å². The van der Waals surface area contributed by atoms with E-state index < -0.39 is 0 Å². The Kier molecular flexibility index (Phi) is 5.80. The van der Waals surface area contributed by atoms with Gasteiger partial charge in [0, 0.05) is 10.6 Å². The van der Waals surface area contributed by atoms with Gasteiger partial charge in [-0.1, -0.05) is 36.4 Å². The van der Waals surface area contributed by atoms with E-state index >= 15 is 0 Å². The van der Waals surface area contributed by atoms with E-state index in [4.69, 9.17) is 10.9 Å². The number of thioether (sulfide) groups is 1. The Morgan fingerprint density at radius 2 is 1.76 bits per heavy atom. The van der Waals surface area contributed by atoms with Crippen molar-refractivity contribution in [1.82, 2.24) is 5.43 Å². The van der Waals surface area contributed by atoms with Crippen LogP contribution in [0.2, 0.25) is 0 Å². The first-order valence-electron chi connectivity index (χ1n) is 6.61. The molecule has 2 aromatic rings. The number of rotatable bonds is 6. The Balaban J connectivity index is 2.03. The fraction of sp³-hybridized carbons (Fsp3) is 0.188. The van der Waals surface area contributed by atoms with Gasteiger partial charge < -0.3 is 5.11 Å². The third-order valence-electron chi connectivity index (χ3n) is 3.13. The van der Waals surface area contributed by atoms with Crippen molar-refractivity contribution in [3.05, 3.63) is 65.2 Å². The molecule has 0 saturated heterocycles. The molecule has 2 rings (SSSR count). The second-order valence-corrected chi connectivity index (χ2v) is 5.65. The lowest BCUT2D eigenvalue weighted by molar-refractivity contribution is -0.120. The zero-order valence-electron chi connectivity index (χ0n) is 11.6. The van der Waals surface area contributed by atoms with Gasteiger partial charge >= 0.3 is 0 Å². The molecule has 0 aliphatic rings. The summed E-state index contributed by atoms with van der Waals surface area (Å²) >= 11 is 1.70. The molecule has 0 saturated carbocycles. The summed E-state index contributed by atoms with van der Waals surface area (Å²) in [5.41, 5.74) is 5.17. The molecule has 2 aromatic carbocycles. The van der Waals surface area contributed by atoms with Gasteiger partial charge in [-0.3, -0.25) is 10.2 Å². The second-order valence-electron chi connectivity index (χ2n) is 4.60. The second kappa shape index (κ2) is 7.83. The van der Waals surface area contributed by atoms with Gasteiger partial charge in [0.25, 0.3) is 0 Å². The van der Waals surface area contributed by atoms with E-state index in [9.17, 15) is 4.79 Å². The average Bonchev–Trinajstić information content (AvgIpc) is 2.54. The van der Waals surface area contributed by atoms with Gasteiger partial charge in [0.05, 0.1) is 13.0 Å². The average molecular weight is 302 g/mol. The van der Waals surface area contributed by atoms with Crippen LogP contribution in [0.3, 0.4) is 0 Å². The van der Waals surface area contributed by atoms with Crippen LogP contribution in [0.25, 0.3) is 0 Å². The van der Waals surface area contributed by atoms with Crippen LogP contribution in [0.1, 0.15) is 16.7 Å². The van der Waals surface area contributed by atoms with Gasteiger partial charge in [-0.05, 0) is 28.8 Å². The maximum absolute atomic E-state index is 11.4. The van der Waals surface area contributed by atoms with Crippen LogP contribution in [-0.2, 0) is 23.6 Å². The van der Waals surface area contributed by atoms with Gasteiger partial charge in [-0.25, -0.2) is 5.84 Å². The molecule has 0 aliphatic heterocycles. The van der Waals surface area contributed by atoms with Gasteiger partial charge in [0.1, 0.15) is 0 Å². The number of nitrogens with one attached hydrogen (secondary N) is 1. The molecule has 1 amide bonds. The van der Waals surface area contributed by atoms with E-state index in [0.29, 0.717) is 0 Å². The van der Waals surface area contributed by atoms with Gasteiger partial charge in [-0.2, -0.15) is 0 Å². The minimum Gasteiger partial charge on any atom is -0.392 e. The molecule has 110 valence electrons. The van der Waals surface area contributed by atoms with Gasteiger partial charge in [-0.15, -0.1) is 11.8 Å². The highest BCUT2D eigenvalue weighted by Gasteiger charge is 2.07. The number of benzene rings is 2. The number of carbonyl (C=O) groups excluding carboxylic acids is 1. The molecule has 0 fully saturated rings. The van der Waals surface area contributed by atoms with E-state index in [2.05, 4.69) is 5.43 Å². The predicted octanol–water partition coefficient (Wildman–Crippen LogP) is 2.00. The summed E-state index contributed by atoms with van der Waals surface area (Å²) in [6, 6.07) is 15.7. The van der Waals surface area contributed by atoms with Crippen LogP contribution in [0.4, 0.5) is 0 Å². The Bertz CT molecular complexity index is 599. The topological polar surface area (TPSA) is 75.3 Å². The molecule has 0 spiro atoms. The molecule has 4 nitrogen and oxygen atoms in total. The number of aliphatic hydroxyl groups excluding tert-OH is 1. The predicted molar refractivity (Wildman–Crippen MR) is 84.4 cm³/mol. The highest BCUT2D eigenvalue weighted by molar-refractivity contribution is 7.98. The van der Waals surface area contributed by atoms with Crippen LogP contribution in [0, 0.1) is 0 Å². The zero-order valence-corrected chi connectivity index (χ0v) is 12.4. The van der Waals surface area contributed by atoms with Crippen LogP contribution >= 0.6 is 11.8 Å². The van der Waals surface area contributed by atoms with Crippen LogP contribution < -0.4 is 11.3 Å². The van der Waals surface area contributed by atoms with Crippen molar-refractivity contribution >= 4 is 17.7 Å². The number of amides is 1. The molecule has 0 bridgehead atoms. The van der Waals surface area contributed by atoms with Crippen molar-refractivity contribution in [3.63, 3.8) is 0 Å². The van der Waals surface area contributed by atoms with Crippen molar-refractivity contribution < 1.29 is 9.90 Å². The summed E-state index contributed by atoms with van der Waals surface area (Å²) in [6.45, 7) is 0.0575. The van der Waals surface area contributed by atoms with E-state index in [1.807, 2.05) is 48.5 Å². The fourth-order valence-electron chi connectivity index (χ4n) is 1.95. The molecule has 5 heteroatoms. The summed E-state index contributed by atoms with van der Waals surface area (Å²) in [4.78, 5) is 12.5. The van der Waals surface area contributed by atoms with Crippen LogP contribution in [0.15, 0.2) is 53.4 Å². The Morgan fingerprint density at radius 3 is 2.38 bits per heavy atom. The smallest absolute Gasteiger partial charge is 0.238 e.